The number of aryl methyl sites for hydroxylation is 1. The molecular formula is C17H20N4O3S. The monoisotopic (exact) mass is 360 g/mol. The number of morpholine rings is 1. The van der Waals surface area contributed by atoms with E-state index in [0.717, 1.165) is 29.6 Å². The second kappa shape index (κ2) is 6.99. The largest absolute Gasteiger partial charge is 0.465 e. The summed E-state index contributed by atoms with van der Waals surface area (Å²) in [6.07, 6.45) is 3.65. The summed E-state index contributed by atoms with van der Waals surface area (Å²) in [5, 5.41) is 4.94. The van der Waals surface area contributed by atoms with E-state index < -0.39 is 0 Å². The Labute approximate surface area is 149 Å². The number of hydrogen-bond donors (Lipinski definition) is 1. The molecule has 1 atom stereocenters. The van der Waals surface area contributed by atoms with E-state index in [0.29, 0.717) is 25.5 Å². The summed E-state index contributed by atoms with van der Waals surface area (Å²) in [5.41, 5.74) is 0.434. The molecule has 1 N–H and O–H groups in total. The van der Waals surface area contributed by atoms with Crippen LogP contribution in [0.25, 0.3) is 4.96 Å². The summed E-state index contributed by atoms with van der Waals surface area (Å²) in [5.74, 6) is 1.57. The number of thiazole rings is 1. The molecule has 1 aliphatic rings. The van der Waals surface area contributed by atoms with Crippen LogP contribution in [0.3, 0.4) is 0 Å². The van der Waals surface area contributed by atoms with Crippen molar-refractivity contribution in [2.24, 2.45) is 0 Å². The molecule has 0 saturated carbocycles. The quantitative estimate of drug-likeness (QED) is 0.754. The van der Waals surface area contributed by atoms with Crippen LogP contribution in [0, 0.1) is 6.92 Å². The van der Waals surface area contributed by atoms with Gasteiger partial charge in [-0.3, -0.25) is 14.1 Å². The molecular weight excluding hydrogens is 340 g/mol. The first-order valence-corrected chi connectivity index (χ1v) is 9.17. The van der Waals surface area contributed by atoms with Crippen molar-refractivity contribution < 1.29 is 13.9 Å². The van der Waals surface area contributed by atoms with E-state index in [1.165, 1.54) is 11.3 Å². The molecule has 0 aliphatic carbocycles. The zero-order valence-electron chi connectivity index (χ0n) is 14.0. The van der Waals surface area contributed by atoms with Gasteiger partial charge in [-0.25, -0.2) is 4.98 Å². The minimum absolute atomic E-state index is 0.00900. The number of nitrogens with one attached hydrogen (secondary N) is 1. The van der Waals surface area contributed by atoms with Gasteiger partial charge in [-0.15, -0.1) is 11.3 Å². The Balaban J connectivity index is 1.47. The van der Waals surface area contributed by atoms with Gasteiger partial charge in [-0.05, 0) is 19.1 Å². The molecule has 1 aliphatic heterocycles. The minimum atomic E-state index is -0.169. The summed E-state index contributed by atoms with van der Waals surface area (Å²) in [4.78, 5) is 19.9. The highest BCUT2D eigenvalue weighted by Gasteiger charge is 2.26. The number of imidazole rings is 1. The van der Waals surface area contributed by atoms with E-state index >= 15 is 0 Å². The van der Waals surface area contributed by atoms with Crippen LogP contribution in [0.1, 0.15) is 28.1 Å². The molecule has 0 spiro atoms. The van der Waals surface area contributed by atoms with Gasteiger partial charge in [0.1, 0.15) is 17.2 Å². The maximum Gasteiger partial charge on any atom is 0.271 e. The summed E-state index contributed by atoms with van der Waals surface area (Å²) >= 11 is 1.51. The van der Waals surface area contributed by atoms with Crippen molar-refractivity contribution >= 4 is 22.2 Å². The molecule has 0 radical (unpaired) electrons. The minimum Gasteiger partial charge on any atom is -0.465 e. The average molecular weight is 360 g/mol. The molecule has 3 aromatic heterocycles. The number of carbonyl (C=O) groups excluding carboxylic acids is 1. The fourth-order valence-electron chi connectivity index (χ4n) is 3.05. The average Bonchev–Trinajstić information content (AvgIpc) is 3.32. The molecule has 0 aromatic carbocycles. The topological polar surface area (TPSA) is 72.0 Å². The second-order valence-electron chi connectivity index (χ2n) is 6.04. The standard InChI is InChI=1S/C17H20N4O3S/c1-12-2-3-15(24-12)14(20-4-7-23-8-5-20)10-18-16(22)13-11-21-6-9-25-17(21)19-13/h2-3,6,9,11,14H,4-5,7-8,10H2,1H3,(H,18,22). The van der Waals surface area contributed by atoms with Gasteiger partial charge in [0, 0.05) is 37.4 Å². The Bertz CT molecular complexity index is 834. The molecule has 0 bridgehead atoms. The van der Waals surface area contributed by atoms with E-state index in [4.69, 9.17) is 9.15 Å². The fourth-order valence-corrected chi connectivity index (χ4v) is 3.75. The molecule has 7 nitrogen and oxygen atoms in total. The van der Waals surface area contributed by atoms with Gasteiger partial charge in [-0.1, -0.05) is 0 Å². The van der Waals surface area contributed by atoms with E-state index in [9.17, 15) is 4.79 Å². The lowest BCUT2D eigenvalue weighted by molar-refractivity contribution is 0.0117. The second-order valence-corrected chi connectivity index (χ2v) is 6.91. The third kappa shape index (κ3) is 3.46. The van der Waals surface area contributed by atoms with Crippen LogP contribution < -0.4 is 5.32 Å². The number of ether oxygens (including phenoxy) is 1. The third-order valence-electron chi connectivity index (χ3n) is 4.36. The summed E-state index contributed by atoms with van der Waals surface area (Å²) < 4.78 is 13.1. The first kappa shape index (κ1) is 16.3. The normalized spacial score (nSPS) is 17.0. The fraction of sp³-hybridized carbons (Fsp3) is 0.412. The first-order valence-electron chi connectivity index (χ1n) is 8.29. The number of amides is 1. The molecule has 132 valence electrons. The highest BCUT2D eigenvalue weighted by atomic mass is 32.1. The molecule has 1 fully saturated rings. The van der Waals surface area contributed by atoms with Crippen molar-refractivity contribution in [3.8, 4) is 0 Å². The first-order chi connectivity index (χ1) is 12.2. The summed E-state index contributed by atoms with van der Waals surface area (Å²) in [7, 11) is 0. The van der Waals surface area contributed by atoms with Gasteiger partial charge in [0.25, 0.3) is 5.91 Å². The number of carbonyl (C=O) groups is 1. The smallest absolute Gasteiger partial charge is 0.271 e. The number of furan rings is 1. The van der Waals surface area contributed by atoms with Crippen molar-refractivity contribution in [1.29, 1.82) is 0 Å². The zero-order chi connectivity index (χ0) is 17.2. The van der Waals surface area contributed by atoms with E-state index in [-0.39, 0.29) is 11.9 Å². The van der Waals surface area contributed by atoms with Crippen molar-refractivity contribution in [3.05, 3.63) is 47.1 Å². The van der Waals surface area contributed by atoms with Crippen molar-refractivity contribution in [3.63, 3.8) is 0 Å². The molecule has 8 heteroatoms. The number of hydrogen-bond acceptors (Lipinski definition) is 6. The maximum atomic E-state index is 12.5. The van der Waals surface area contributed by atoms with Crippen LogP contribution in [0.5, 0.6) is 0 Å². The van der Waals surface area contributed by atoms with Crippen molar-refractivity contribution in [1.82, 2.24) is 19.6 Å². The van der Waals surface area contributed by atoms with Crippen molar-refractivity contribution in [2.75, 3.05) is 32.8 Å². The molecule has 4 heterocycles. The highest BCUT2D eigenvalue weighted by molar-refractivity contribution is 7.15. The van der Waals surface area contributed by atoms with Crippen LogP contribution in [0.4, 0.5) is 0 Å². The van der Waals surface area contributed by atoms with Gasteiger partial charge in [-0.2, -0.15) is 0 Å². The number of rotatable bonds is 5. The lowest BCUT2D eigenvalue weighted by atomic mass is 10.1. The Morgan fingerprint density at radius 2 is 2.24 bits per heavy atom. The van der Waals surface area contributed by atoms with Crippen LogP contribution in [0.15, 0.2) is 34.3 Å². The molecule has 4 rings (SSSR count). The van der Waals surface area contributed by atoms with E-state index in [1.54, 1.807) is 6.20 Å². The van der Waals surface area contributed by atoms with Gasteiger partial charge in [0.05, 0.1) is 19.3 Å². The van der Waals surface area contributed by atoms with Gasteiger partial charge >= 0.3 is 0 Å². The Hall–Kier alpha value is -2.16. The molecule has 3 aromatic rings. The van der Waals surface area contributed by atoms with E-state index in [2.05, 4.69) is 15.2 Å². The number of fused-ring (bicyclic) bond motifs is 1. The Morgan fingerprint density at radius 3 is 2.96 bits per heavy atom. The maximum absolute atomic E-state index is 12.5. The SMILES string of the molecule is Cc1ccc(C(CNC(=O)c2cn3ccsc3n2)N2CCOCC2)o1. The molecule has 25 heavy (non-hydrogen) atoms. The number of nitrogens with zero attached hydrogens (tertiary/aromatic N) is 3. The predicted octanol–water partition coefficient (Wildman–Crippen LogP) is 2.10. The van der Waals surface area contributed by atoms with Crippen LogP contribution in [0.2, 0.25) is 0 Å². The predicted molar refractivity (Wildman–Crippen MR) is 94.0 cm³/mol. The van der Waals surface area contributed by atoms with Crippen molar-refractivity contribution in [2.45, 2.75) is 13.0 Å². The van der Waals surface area contributed by atoms with Crippen LogP contribution in [-0.2, 0) is 4.74 Å². The third-order valence-corrected chi connectivity index (χ3v) is 5.13. The lowest BCUT2D eigenvalue weighted by Gasteiger charge is -2.33. The van der Waals surface area contributed by atoms with Crippen LogP contribution in [-0.4, -0.2) is 53.0 Å². The molecule has 1 unspecified atom stereocenters. The van der Waals surface area contributed by atoms with E-state index in [1.807, 2.05) is 35.0 Å². The highest BCUT2D eigenvalue weighted by Crippen LogP contribution is 2.23. The zero-order valence-corrected chi connectivity index (χ0v) is 14.8. The van der Waals surface area contributed by atoms with Gasteiger partial charge < -0.3 is 14.5 Å². The van der Waals surface area contributed by atoms with Gasteiger partial charge in [0.2, 0.25) is 0 Å². The summed E-state index contributed by atoms with van der Waals surface area (Å²) in [6.45, 7) is 5.43. The number of aromatic nitrogens is 2. The Kier molecular flexibility index (Phi) is 4.56. The summed E-state index contributed by atoms with van der Waals surface area (Å²) in [6, 6.07) is 3.92. The lowest BCUT2D eigenvalue weighted by Crippen LogP contribution is -2.43. The molecule has 1 saturated heterocycles. The van der Waals surface area contributed by atoms with Gasteiger partial charge in [0.15, 0.2) is 4.96 Å². The Morgan fingerprint density at radius 1 is 1.40 bits per heavy atom. The van der Waals surface area contributed by atoms with Crippen LogP contribution >= 0.6 is 11.3 Å². The molecule has 1 amide bonds.